The number of carbonyl (C=O) groups excluding carboxylic acids is 2. The van der Waals surface area contributed by atoms with Gasteiger partial charge in [-0.2, -0.15) is 5.10 Å². The number of aromatic nitrogens is 2. The number of likely N-dealkylation sites (tertiary alicyclic amines) is 2. The molecule has 1 saturated carbocycles. The third-order valence-electron chi connectivity index (χ3n) is 6.60. The van der Waals surface area contributed by atoms with Crippen LogP contribution in [0.15, 0.2) is 12.4 Å². The molecule has 1 aliphatic carbocycles. The number of aryl methyl sites for hydroxylation is 1. The molecule has 3 heterocycles. The maximum atomic E-state index is 13.5. The predicted molar refractivity (Wildman–Crippen MR) is 99.9 cm³/mol. The Morgan fingerprint density at radius 2 is 1.93 bits per heavy atom. The van der Waals surface area contributed by atoms with Crippen LogP contribution in [-0.4, -0.2) is 67.3 Å². The Morgan fingerprint density at radius 1 is 1.22 bits per heavy atom. The van der Waals surface area contributed by atoms with E-state index >= 15 is 0 Å². The van der Waals surface area contributed by atoms with Crippen LogP contribution in [-0.2, 0) is 16.1 Å². The second-order valence-electron chi connectivity index (χ2n) is 8.46. The van der Waals surface area contributed by atoms with Crippen LogP contribution in [0.1, 0.15) is 56.9 Å². The fourth-order valence-corrected chi connectivity index (χ4v) is 5.24. The van der Waals surface area contributed by atoms with E-state index in [2.05, 4.69) is 5.10 Å². The fraction of sp³-hybridized carbons (Fsp3) is 0.750. The maximum Gasteiger partial charge on any atom is 0.248 e. The van der Waals surface area contributed by atoms with Crippen LogP contribution in [0.2, 0.25) is 0 Å². The number of piperidine rings is 1. The van der Waals surface area contributed by atoms with Gasteiger partial charge in [-0.3, -0.25) is 14.3 Å². The highest BCUT2D eigenvalue weighted by atomic mass is 16.3. The molecule has 2 aliphatic heterocycles. The first-order chi connectivity index (χ1) is 13.0. The van der Waals surface area contributed by atoms with Gasteiger partial charge in [0.15, 0.2) is 0 Å². The number of hydrogen-bond donors (Lipinski definition) is 1. The minimum absolute atomic E-state index is 0.00938. The van der Waals surface area contributed by atoms with E-state index in [0.717, 1.165) is 63.5 Å². The Labute approximate surface area is 160 Å². The monoisotopic (exact) mass is 374 g/mol. The Kier molecular flexibility index (Phi) is 4.97. The third kappa shape index (κ3) is 3.37. The lowest BCUT2D eigenvalue weighted by Crippen LogP contribution is -2.63. The molecule has 148 valence electrons. The van der Waals surface area contributed by atoms with Crippen LogP contribution in [0, 0.1) is 6.92 Å². The SMILES string of the molecule is Cc1cnn(CC(=O)N2CCCC23CCCN(C2CCC(O)CC2)C3=O)c1. The van der Waals surface area contributed by atoms with E-state index < -0.39 is 5.54 Å². The summed E-state index contributed by atoms with van der Waals surface area (Å²) in [6.07, 6.45) is 10.0. The molecule has 3 fully saturated rings. The summed E-state index contributed by atoms with van der Waals surface area (Å²) in [7, 11) is 0. The van der Waals surface area contributed by atoms with E-state index in [9.17, 15) is 14.7 Å². The second-order valence-corrected chi connectivity index (χ2v) is 8.46. The number of hydrogen-bond acceptors (Lipinski definition) is 4. The quantitative estimate of drug-likeness (QED) is 0.869. The van der Waals surface area contributed by atoms with Crippen molar-refractivity contribution in [1.82, 2.24) is 19.6 Å². The molecular formula is C20H30N4O3. The molecule has 1 aromatic rings. The number of aliphatic hydroxyl groups is 1. The van der Waals surface area contributed by atoms with E-state index in [1.807, 2.05) is 22.9 Å². The van der Waals surface area contributed by atoms with Gasteiger partial charge in [-0.25, -0.2) is 0 Å². The molecule has 4 rings (SSSR count). The molecule has 1 spiro atoms. The molecule has 27 heavy (non-hydrogen) atoms. The molecule has 1 N–H and O–H groups in total. The lowest BCUT2D eigenvalue weighted by molar-refractivity contribution is -0.158. The average molecular weight is 374 g/mol. The van der Waals surface area contributed by atoms with Gasteiger partial charge < -0.3 is 14.9 Å². The van der Waals surface area contributed by atoms with Gasteiger partial charge >= 0.3 is 0 Å². The molecule has 1 unspecified atom stereocenters. The van der Waals surface area contributed by atoms with E-state index in [0.29, 0.717) is 6.54 Å². The molecule has 1 aromatic heterocycles. The molecule has 7 nitrogen and oxygen atoms in total. The van der Waals surface area contributed by atoms with E-state index in [-0.39, 0.29) is 30.5 Å². The number of rotatable bonds is 3. The lowest BCUT2D eigenvalue weighted by Gasteiger charge is -2.48. The Bertz CT molecular complexity index is 710. The Hall–Kier alpha value is -1.89. The number of aliphatic hydroxyl groups excluding tert-OH is 1. The van der Waals surface area contributed by atoms with Crippen LogP contribution < -0.4 is 0 Å². The van der Waals surface area contributed by atoms with Crippen molar-refractivity contribution in [3.63, 3.8) is 0 Å². The third-order valence-corrected chi connectivity index (χ3v) is 6.60. The van der Waals surface area contributed by atoms with Gasteiger partial charge in [0.1, 0.15) is 12.1 Å². The van der Waals surface area contributed by atoms with Crippen LogP contribution in [0.4, 0.5) is 0 Å². The lowest BCUT2D eigenvalue weighted by atomic mass is 9.82. The van der Waals surface area contributed by atoms with E-state index in [4.69, 9.17) is 0 Å². The van der Waals surface area contributed by atoms with Gasteiger partial charge in [0.2, 0.25) is 11.8 Å². The second kappa shape index (κ2) is 7.26. The largest absolute Gasteiger partial charge is 0.393 e. The topological polar surface area (TPSA) is 78.7 Å². The summed E-state index contributed by atoms with van der Waals surface area (Å²) in [5, 5.41) is 14.0. The van der Waals surface area contributed by atoms with Crippen molar-refractivity contribution in [1.29, 1.82) is 0 Å². The minimum Gasteiger partial charge on any atom is -0.393 e. The van der Waals surface area contributed by atoms with Crippen LogP contribution in [0.25, 0.3) is 0 Å². The Balaban J connectivity index is 1.51. The summed E-state index contributed by atoms with van der Waals surface area (Å²) in [5.74, 6) is 0.127. The normalized spacial score (nSPS) is 31.7. The van der Waals surface area contributed by atoms with Crippen molar-refractivity contribution in [2.45, 2.75) is 82.5 Å². The summed E-state index contributed by atoms with van der Waals surface area (Å²) in [5.41, 5.74) is 0.367. The molecule has 7 heteroatoms. The predicted octanol–water partition coefficient (Wildman–Crippen LogP) is 1.48. The van der Waals surface area contributed by atoms with Crippen LogP contribution in [0.3, 0.4) is 0 Å². The molecule has 3 aliphatic rings. The van der Waals surface area contributed by atoms with Crippen molar-refractivity contribution < 1.29 is 14.7 Å². The van der Waals surface area contributed by atoms with Gasteiger partial charge in [-0.1, -0.05) is 0 Å². The summed E-state index contributed by atoms with van der Waals surface area (Å²) in [6, 6.07) is 0.212. The van der Waals surface area contributed by atoms with Gasteiger partial charge in [-0.15, -0.1) is 0 Å². The van der Waals surface area contributed by atoms with Crippen LogP contribution >= 0.6 is 0 Å². The zero-order chi connectivity index (χ0) is 19.0. The summed E-state index contributed by atoms with van der Waals surface area (Å²) < 4.78 is 1.66. The van der Waals surface area contributed by atoms with Gasteiger partial charge in [0, 0.05) is 25.3 Å². The van der Waals surface area contributed by atoms with E-state index in [1.165, 1.54) is 0 Å². The molecule has 2 amide bonds. The number of carbonyl (C=O) groups is 2. The molecule has 0 bridgehead atoms. The van der Waals surface area contributed by atoms with E-state index in [1.54, 1.807) is 10.9 Å². The summed E-state index contributed by atoms with van der Waals surface area (Å²) in [4.78, 5) is 30.4. The Morgan fingerprint density at radius 3 is 2.59 bits per heavy atom. The van der Waals surface area contributed by atoms with Gasteiger partial charge in [0.25, 0.3) is 0 Å². The van der Waals surface area contributed by atoms with Crippen LogP contribution in [0.5, 0.6) is 0 Å². The zero-order valence-corrected chi connectivity index (χ0v) is 16.1. The highest BCUT2D eigenvalue weighted by molar-refractivity contribution is 5.93. The zero-order valence-electron chi connectivity index (χ0n) is 16.1. The molecule has 0 aromatic carbocycles. The molecule has 2 saturated heterocycles. The standard InChI is InChI=1S/C20H30N4O3/c1-15-12-21-22(13-15)14-18(26)24-11-3-9-20(24)8-2-10-23(19(20)27)16-4-6-17(25)7-5-16/h12-13,16-17,25H,2-11,14H2,1H3. The van der Waals surface area contributed by atoms with Gasteiger partial charge in [0.05, 0.1) is 12.3 Å². The highest BCUT2D eigenvalue weighted by Crippen LogP contribution is 2.40. The number of nitrogens with zero attached hydrogens (tertiary/aromatic N) is 4. The molecular weight excluding hydrogens is 344 g/mol. The highest BCUT2D eigenvalue weighted by Gasteiger charge is 2.53. The van der Waals surface area contributed by atoms with Gasteiger partial charge in [-0.05, 0) is 63.9 Å². The first-order valence-electron chi connectivity index (χ1n) is 10.3. The summed E-state index contributed by atoms with van der Waals surface area (Å²) in [6.45, 7) is 3.58. The van der Waals surface area contributed by atoms with Crippen molar-refractivity contribution in [3.05, 3.63) is 18.0 Å². The van der Waals surface area contributed by atoms with Crippen molar-refractivity contribution >= 4 is 11.8 Å². The first kappa shape index (κ1) is 18.5. The maximum absolute atomic E-state index is 13.5. The first-order valence-corrected chi connectivity index (χ1v) is 10.3. The van der Waals surface area contributed by atoms with Crippen molar-refractivity contribution in [3.8, 4) is 0 Å². The van der Waals surface area contributed by atoms with Crippen molar-refractivity contribution in [2.24, 2.45) is 0 Å². The number of amides is 2. The fourth-order valence-electron chi connectivity index (χ4n) is 5.24. The van der Waals surface area contributed by atoms with Crippen molar-refractivity contribution in [2.75, 3.05) is 13.1 Å². The average Bonchev–Trinajstić information content (AvgIpc) is 3.25. The minimum atomic E-state index is -0.659. The smallest absolute Gasteiger partial charge is 0.248 e. The molecule has 1 atom stereocenters. The molecule has 0 radical (unpaired) electrons. The summed E-state index contributed by atoms with van der Waals surface area (Å²) >= 11 is 0.